The molecule has 1 aliphatic rings. The molecule has 0 spiro atoms. The zero-order valence-corrected chi connectivity index (χ0v) is 9.01. The predicted octanol–water partition coefficient (Wildman–Crippen LogP) is 3.00. The Morgan fingerprint density at radius 3 is 2.64 bits per heavy atom. The molecule has 0 nitrogen and oxygen atoms in total. The minimum Gasteiger partial charge on any atom is -0.0932 e. The number of hydrogen-bond acceptors (Lipinski definition) is 0. The van der Waals surface area contributed by atoms with Crippen molar-refractivity contribution in [2.75, 3.05) is 0 Å². The molecule has 0 saturated carbocycles. The van der Waals surface area contributed by atoms with Crippen molar-refractivity contribution < 1.29 is 0 Å². The Bertz CT molecular complexity index is 189. The van der Waals surface area contributed by atoms with E-state index < -0.39 is 8.80 Å². The monoisotopic (exact) mass is 166 g/mol. The van der Waals surface area contributed by atoms with Gasteiger partial charge in [0.1, 0.15) is 0 Å². The minimum absolute atomic E-state index is 0.545. The van der Waals surface area contributed by atoms with Crippen LogP contribution in [0.25, 0.3) is 0 Å². The van der Waals surface area contributed by atoms with Crippen molar-refractivity contribution >= 4 is 8.80 Å². The highest BCUT2D eigenvalue weighted by Crippen LogP contribution is 2.22. The third-order valence-electron chi connectivity index (χ3n) is 2.58. The van der Waals surface area contributed by atoms with Crippen LogP contribution in [-0.2, 0) is 0 Å². The van der Waals surface area contributed by atoms with E-state index >= 15 is 0 Å². The molecule has 0 aliphatic carbocycles. The van der Waals surface area contributed by atoms with Gasteiger partial charge in [0.05, 0.1) is 8.80 Å². The van der Waals surface area contributed by atoms with Crippen LogP contribution in [0.4, 0.5) is 0 Å². The van der Waals surface area contributed by atoms with Crippen LogP contribution < -0.4 is 0 Å². The molecule has 1 atom stereocenters. The molecule has 0 fully saturated rings. The van der Waals surface area contributed by atoms with E-state index in [2.05, 4.69) is 32.2 Å². The lowest BCUT2D eigenvalue weighted by Crippen LogP contribution is -2.01. The highest BCUT2D eigenvalue weighted by atomic mass is 28.3. The largest absolute Gasteiger partial charge is 0.0932 e. The Hall–Kier alpha value is -0.303. The van der Waals surface area contributed by atoms with Crippen LogP contribution in [0, 0.1) is 0 Å². The normalized spacial score (nSPS) is 23.4. The van der Waals surface area contributed by atoms with Crippen LogP contribution in [-0.4, -0.2) is 8.80 Å². The molecular formula is C10H18Si. The summed E-state index contributed by atoms with van der Waals surface area (Å²) < 4.78 is 0. The highest BCUT2D eigenvalue weighted by Gasteiger charge is 2.11. The minimum atomic E-state index is -0.545. The SMILES string of the molecule is CCCCC1=C(C)[SiH](C)C=C1. The highest BCUT2D eigenvalue weighted by molar-refractivity contribution is 6.71. The van der Waals surface area contributed by atoms with E-state index in [-0.39, 0.29) is 0 Å². The fourth-order valence-corrected chi connectivity index (χ4v) is 3.11. The second-order valence-corrected chi connectivity index (χ2v) is 6.29. The lowest BCUT2D eigenvalue weighted by Gasteiger charge is -2.03. The van der Waals surface area contributed by atoms with Crippen molar-refractivity contribution in [2.24, 2.45) is 0 Å². The Labute approximate surface area is 71.6 Å². The molecule has 1 aliphatic heterocycles. The molecule has 0 bridgehead atoms. The number of rotatable bonds is 3. The second-order valence-electron chi connectivity index (χ2n) is 3.46. The van der Waals surface area contributed by atoms with E-state index in [0.717, 1.165) is 0 Å². The second kappa shape index (κ2) is 3.91. The summed E-state index contributed by atoms with van der Waals surface area (Å²) in [4.78, 5) is 0. The summed E-state index contributed by atoms with van der Waals surface area (Å²) in [6.45, 7) is 6.99. The number of hydrogen-bond donors (Lipinski definition) is 0. The summed E-state index contributed by atoms with van der Waals surface area (Å²) in [7, 11) is -0.545. The van der Waals surface area contributed by atoms with Gasteiger partial charge in [-0.15, -0.1) is 0 Å². The molecule has 0 aromatic rings. The molecule has 0 saturated heterocycles. The van der Waals surface area contributed by atoms with Gasteiger partial charge in [-0.05, 0) is 19.8 Å². The first-order chi connectivity index (χ1) is 5.25. The molecule has 1 heterocycles. The molecule has 1 heteroatoms. The van der Waals surface area contributed by atoms with Gasteiger partial charge in [0, 0.05) is 0 Å². The summed E-state index contributed by atoms with van der Waals surface area (Å²) in [5.41, 5.74) is 4.09. The average molecular weight is 166 g/mol. The Morgan fingerprint density at radius 1 is 1.45 bits per heavy atom. The molecule has 0 radical (unpaired) electrons. The predicted molar refractivity (Wildman–Crippen MR) is 54.4 cm³/mol. The molecule has 0 aromatic carbocycles. The van der Waals surface area contributed by atoms with E-state index in [1.54, 1.807) is 10.8 Å². The van der Waals surface area contributed by atoms with E-state index in [9.17, 15) is 0 Å². The first kappa shape index (κ1) is 8.79. The summed E-state index contributed by atoms with van der Waals surface area (Å²) in [6, 6.07) is 0. The van der Waals surface area contributed by atoms with Gasteiger partial charge in [0.2, 0.25) is 0 Å². The molecule has 1 rings (SSSR count). The van der Waals surface area contributed by atoms with Gasteiger partial charge in [-0.1, -0.05) is 42.4 Å². The van der Waals surface area contributed by atoms with Gasteiger partial charge >= 0.3 is 0 Å². The van der Waals surface area contributed by atoms with Crippen LogP contribution in [0.3, 0.4) is 0 Å². The molecule has 0 amide bonds. The quantitative estimate of drug-likeness (QED) is 0.565. The Balaban J connectivity index is 2.50. The van der Waals surface area contributed by atoms with Gasteiger partial charge < -0.3 is 0 Å². The number of allylic oxidation sites excluding steroid dienone is 3. The third-order valence-corrected chi connectivity index (χ3v) is 5.08. The molecule has 0 N–H and O–H groups in total. The maximum absolute atomic E-state index is 2.44. The molecule has 1 unspecified atom stereocenters. The van der Waals surface area contributed by atoms with Gasteiger partial charge in [-0.25, -0.2) is 0 Å². The first-order valence-electron chi connectivity index (χ1n) is 4.63. The first-order valence-corrected chi connectivity index (χ1v) is 7.03. The Kier molecular flexibility index (Phi) is 3.12. The summed E-state index contributed by atoms with van der Waals surface area (Å²) in [6.07, 6.45) is 6.36. The van der Waals surface area contributed by atoms with Crippen LogP contribution in [0.2, 0.25) is 6.55 Å². The molecule has 62 valence electrons. The van der Waals surface area contributed by atoms with Crippen molar-refractivity contribution in [3.63, 3.8) is 0 Å². The van der Waals surface area contributed by atoms with Crippen molar-refractivity contribution in [3.05, 3.63) is 22.5 Å². The third kappa shape index (κ3) is 2.06. The van der Waals surface area contributed by atoms with Crippen molar-refractivity contribution in [1.82, 2.24) is 0 Å². The Morgan fingerprint density at radius 2 is 2.18 bits per heavy atom. The van der Waals surface area contributed by atoms with Crippen molar-refractivity contribution in [2.45, 2.75) is 39.7 Å². The summed E-state index contributed by atoms with van der Waals surface area (Å²) in [5, 5.41) is 1.72. The topological polar surface area (TPSA) is 0 Å². The smallest absolute Gasteiger partial charge is 0.0859 e. The molecular weight excluding hydrogens is 148 g/mol. The van der Waals surface area contributed by atoms with E-state index in [4.69, 9.17) is 0 Å². The van der Waals surface area contributed by atoms with Crippen LogP contribution >= 0.6 is 0 Å². The fraction of sp³-hybridized carbons (Fsp3) is 0.600. The standard InChI is InChI=1S/C10H18Si/c1-4-5-6-10-7-8-11(3)9(10)2/h7-8,11H,4-6H2,1-3H3. The lowest BCUT2D eigenvalue weighted by molar-refractivity contribution is 0.796. The van der Waals surface area contributed by atoms with E-state index in [0.29, 0.717) is 0 Å². The van der Waals surface area contributed by atoms with Gasteiger partial charge in [0.25, 0.3) is 0 Å². The van der Waals surface area contributed by atoms with Crippen molar-refractivity contribution in [1.29, 1.82) is 0 Å². The number of unbranched alkanes of at least 4 members (excludes halogenated alkanes) is 1. The summed E-state index contributed by atoms with van der Waals surface area (Å²) >= 11 is 0. The van der Waals surface area contributed by atoms with Gasteiger partial charge in [-0.3, -0.25) is 0 Å². The van der Waals surface area contributed by atoms with Crippen molar-refractivity contribution in [3.8, 4) is 0 Å². The van der Waals surface area contributed by atoms with E-state index in [1.165, 1.54) is 19.3 Å². The maximum atomic E-state index is 2.44. The van der Waals surface area contributed by atoms with Crippen LogP contribution in [0.5, 0.6) is 0 Å². The van der Waals surface area contributed by atoms with Gasteiger partial charge in [-0.2, -0.15) is 0 Å². The zero-order valence-electron chi connectivity index (χ0n) is 7.85. The molecule has 11 heavy (non-hydrogen) atoms. The molecule has 0 aromatic heterocycles. The van der Waals surface area contributed by atoms with Crippen LogP contribution in [0.15, 0.2) is 22.5 Å². The van der Waals surface area contributed by atoms with Crippen LogP contribution in [0.1, 0.15) is 33.1 Å². The summed E-state index contributed by atoms with van der Waals surface area (Å²) in [5.74, 6) is 0. The van der Waals surface area contributed by atoms with E-state index in [1.807, 2.05) is 0 Å². The fourth-order valence-electron chi connectivity index (χ4n) is 1.48. The lowest BCUT2D eigenvalue weighted by atomic mass is 10.1. The van der Waals surface area contributed by atoms with Gasteiger partial charge in [0.15, 0.2) is 0 Å². The average Bonchev–Trinajstić information content (AvgIpc) is 2.31. The maximum Gasteiger partial charge on any atom is 0.0859 e. The zero-order chi connectivity index (χ0) is 8.27.